The molecule has 1 amide bonds. The van der Waals surface area contributed by atoms with Crippen molar-refractivity contribution in [3.8, 4) is 0 Å². The number of hydrogen-bond donors (Lipinski definition) is 3. The van der Waals surface area contributed by atoms with Gasteiger partial charge < -0.3 is 9.53 Å². The summed E-state index contributed by atoms with van der Waals surface area (Å²) in [5.41, 5.74) is 1.40. The van der Waals surface area contributed by atoms with Crippen LogP contribution in [-0.4, -0.2) is 78.9 Å². The number of ether oxygens (including phenoxy) is 1. The van der Waals surface area contributed by atoms with Crippen LogP contribution < -0.4 is 11.3 Å². The molecule has 3 aliphatic rings. The van der Waals surface area contributed by atoms with Crippen LogP contribution >= 0.6 is 0 Å². The lowest BCUT2D eigenvalue weighted by atomic mass is 9.71. The Morgan fingerprint density at radius 1 is 1.44 bits per heavy atom. The van der Waals surface area contributed by atoms with Crippen molar-refractivity contribution >= 4 is 28.4 Å². The van der Waals surface area contributed by atoms with Gasteiger partial charge in [-0.3, -0.25) is 24.5 Å². The van der Waals surface area contributed by atoms with Crippen LogP contribution in [0.15, 0.2) is 0 Å². The van der Waals surface area contributed by atoms with Gasteiger partial charge in [-0.2, -0.15) is 12.7 Å². The Morgan fingerprint density at radius 3 is 2.60 bits per heavy atom. The fraction of sp³-hybridized carbons (Fsp3) is 0.750. The Kier molecular flexibility index (Phi) is 4.65. The lowest BCUT2D eigenvalue weighted by Gasteiger charge is -2.51. The highest BCUT2D eigenvalue weighted by Crippen LogP contribution is 2.49. The molecule has 3 saturated heterocycles. The second kappa shape index (κ2) is 6.35. The zero-order chi connectivity index (χ0) is 18.4. The van der Waals surface area contributed by atoms with Crippen molar-refractivity contribution in [1.82, 2.24) is 15.4 Å². The summed E-state index contributed by atoms with van der Waals surface area (Å²) in [6, 6.07) is -1.45. The van der Waals surface area contributed by atoms with Gasteiger partial charge in [0.1, 0.15) is 12.5 Å². The van der Waals surface area contributed by atoms with Crippen molar-refractivity contribution < 1.29 is 36.4 Å². The number of nitrogens with one attached hydrogen (secondary N) is 1. The maximum atomic E-state index is 12.4. The Labute approximate surface area is 143 Å². The molecule has 0 aliphatic carbocycles. The van der Waals surface area contributed by atoms with Gasteiger partial charge in [0.25, 0.3) is 5.91 Å². The number of carbonyl (C=O) groups excluding carboxylic acids is 3. The number of amides is 1. The van der Waals surface area contributed by atoms with E-state index in [2.05, 4.69) is 4.28 Å². The number of piperidine rings is 1. The molecule has 140 valence electrons. The van der Waals surface area contributed by atoms with Gasteiger partial charge in [0.15, 0.2) is 5.78 Å². The van der Waals surface area contributed by atoms with E-state index in [1.165, 1.54) is 4.90 Å². The van der Waals surface area contributed by atoms with E-state index in [1.54, 1.807) is 0 Å². The number of hydrogen-bond acceptors (Lipinski definition) is 10. The predicted octanol–water partition coefficient (Wildman–Crippen LogP) is -3.03. The first kappa shape index (κ1) is 18.3. The quantitative estimate of drug-likeness (QED) is 0.107. The van der Waals surface area contributed by atoms with Gasteiger partial charge in [0.2, 0.25) is 0 Å². The van der Waals surface area contributed by atoms with Gasteiger partial charge in [-0.05, 0) is 6.42 Å². The second-order valence-corrected chi connectivity index (χ2v) is 7.37. The van der Waals surface area contributed by atoms with Crippen molar-refractivity contribution in [3.63, 3.8) is 0 Å². The van der Waals surface area contributed by atoms with Crippen LogP contribution in [0.2, 0.25) is 0 Å². The first-order valence-electron chi connectivity index (χ1n) is 7.48. The Balaban J connectivity index is 2.02. The molecule has 0 aromatic carbocycles. The van der Waals surface area contributed by atoms with Gasteiger partial charge >= 0.3 is 10.4 Å². The average molecular weight is 378 g/mol. The highest BCUT2D eigenvalue weighted by molar-refractivity contribution is 7.80. The molecule has 3 aliphatic heterocycles. The van der Waals surface area contributed by atoms with Crippen LogP contribution in [0.1, 0.15) is 12.8 Å². The summed E-state index contributed by atoms with van der Waals surface area (Å²) in [5, 5.41) is 0.855. The molecular weight excluding hydrogens is 360 g/mol. The fourth-order valence-electron chi connectivity index (χ4n) is 3.83. The molecule has 1 spiro atoms. The SMILES string of the molecule is NNC(=O)[C@@H]1CC2(COC2)[C@@H]2CN1C(C(=O)CC=O)N2OS(=O)(=O)O. The van der Waals surface area contributed by atoms with E-state index in [1.807, 2.05) is 5.43 Å². The number of rotatable bonds is 6. The minimum absolute atomic E-state index is 0.117. The van der Waals surface area contributed by atoms with Gasteiger partial charge in [-0.25, -0.2) is 5.84 Å². The fourth-order valence-corrected chi connectivity index (χ4v) is 4.23. The summed E-state index contributed by atoms with van der Waals surface area (Å²) in [6.45, 7) is 0.589. The van der Waals surface area contributed by atoms with Crippen LogP contribution in [-0.2, 0) is 33.8 Å². The minimum Gasteiger partial charge on any atom is -0.380 e. The molecule has 0 aromatic rings. The highest BCUT2D eigenvalue weighted by Gasteiger charge is 2.64. The van der Waals surface area contributed by atoms with Crippen molar-refractivity contribution in [2.24, 2.45) is 11.3 Å². The molecule has 2 bridgehead atoms. The van der Waals surface area contributed by atoms with E-state index in [0.29, 0.717) is 6.29 Å². The first-order valence-corrected chi connectivity index (χ1v) is 8.84. The van der Waals surface area contributed by atoms with Crippen molar-refractivity contribution in [2.45, 2.75) is 31.1 Å². The molecule has 12 nitrogen and oxygen atoms in total. The normalized spacial score (nSPS) is 33.7. The van der Waals surface area contributed by atoms with E-state index in [-0.39, 0.29) is 26.2 Å². The standard InChI is InChI=1S/C12H18N4O8S/c13-14-10(19)7-3-12(5-23-6-12)9-4-15(7)11(8(18)1-2-17)16(9)24-25(20,21)22/h2,7,9,11H,1,3-6,13H2,(H,14,19)(H,20,21,22)/t7-,9-,11?/m0/s1. The number of aldehydes is 1. The smallest absolute Gasteiger partial charge is 0.380 e. The zero-order valence-electron chi connectivity index (χ0n) is 13.0. The summed E-state index contributed by atoms with van der Waals surface area (Å²) in [4.78, 5) is 36.7. The minimum atomic E-state index is -4.91. The van der Waals surface area contributed by atoms with Crippen LogP contribution in [0, 0.1) is 5.41 Å². The van der Waals surface area contributed by atoms with E-state index < -0.39 is 52.2 Å². The average Bonchev–Trinajstić information content (AvgIpc) is 2.79. The summed E-state index contributed by atoms with van der Waals surface area (Å²) >= 11 is 0. The number of hydroxylamine groups is 2. The number of ketones is 1. The Bertz CT molecular complexity index is 693. The summed E-state index contributed by atoms with van der Waals surface area (Å²) in [6.07, 6.45) is -1.19. The molecule has 25 heavy (non-hydrogen) atoms. The molecule has 4 N–H and O–H groups in total. The van der Waals surface area contributed by atoms with Crippen LogP contribution in [0.25, 0.3) is 0 Å². The molecule has 4 atom stereocenters. The third kappa shape index (κ3) is 3.08. The summed E-state index contributed by atoms with van der Waals surface area (Å²) in [5.74, 6) is 4.01. The van der Waals surface area contributed by atoms with Crippen molar-refractivity contribution in [1.29, 1.82) is 0 Å². The molecule has 0 radical (unpaired) electrons. The summed E-state index contributed by atoms with van der Waals surface area (Å²) < 4.78 is 41.5. The van der Waals surface area contributed by atoms with Crippen molar-refractivity contribution in [3.05, 3.63) is 0 Å². The number of Topliss-reactive ketones (excluding diaryl/α,β-unsaturated/α-hetero) is 1. The molecule has 0 aromatic heterocycles. The van der Waals surface area contributed by atoms with Gasteiger partial charge in [-0.15, -0.1) is 5.06 Å². The molecule has 0 saturated carbocycles. The highest BCUT2D eigenvalue weighted by atomic mass is 32.3. The van der Waals surface area contributed by atoms with Gasteiger partial charge in [0, 0.05) is 12.0 Å². The first-order chi connectivity index (χ1) is 11.7. The topological polar surface area (TPSA) is 169 Å². The van der Waals surface area contributed by atoms with E-state index in [4.69, 9.17) is 15.1 Å². The molecule has 3 rings (SSSR count). The molecule has 13 heteroatoms. The second-order valence-electron chi connectivity index (χ2n) is 6.37. The number of nitrogens with zero attached hydrogens (tertiary/aromatic N) is 2. The van der Waals surface area contributed by atoms with Crippen LogP contribution in [0.4, 0.5) is 0 Å². The number of hydrazine groups is 1. The van der Waals surface area contributed by atoms with Crippen molar-refractivity contribution in [2.75, 3.05) is 19.8 Å². The largest absolute Gasteiger partial charge is 0.413 e. The van der Waals surface area contributed by atoms with E-state index >= 15 is 0 Å². The third-order valence-electron chi connectivity index (χ3n) is 4.93. The third-order valence-corrected chi connectivity index (χ3v) is 5.29. The van der Waals surface area contributed by atoms with E-state index in [9.17, 15) is 22.8 Å². The zero-order valence-corrected chi connectivity index (χ0v) is 13.8. The lowest BCUT2D eigenvalue weighted by molar-refractivity contribution is -0.206. The van der Waals surface area contributed by atoms with Crippen LogP contribution in [0.3, 0.4) is 0 Å². The Hall–Kier alpha value is -1.48. The maximum Gasteiger partial charge on any atom is 0.413 e. The predicted molar refractivity (Wildman–Crippen MR) is 78.4 cm³/mol. The number of nitrogens with two attached hydrogens (primary N) is 1. The summed E-state index contributed by atoms with van der Waals surface area (Å²) in [7, 11) is -4.91. The monoisotopic (exact) mass is 378 g/mol. The molecule has 3 fully saturated rings. The Morgan fingerprint density at radius 2 is 2.12 bits per heavy atom. The van der Waals surface area contributed by atoms with E-state index in [0.717, 1.165) is 5.06 Å². The molecule has 3 heterocycles. The van der Waals surface area contributed by atoms with Gasteiger partial charge in [-0.1, -0.05) is 0 Å². The number of fused-ring (bicyclic) bond motifs is 3. The maximum absolute atomic E-state index is 12.4. The van der Waals surface area contributed by atoms with Gasteiger partial charge in [0.05, 0.1) is 31.7 Å². The van der Waals surface area contributed by atoms with Crippen LogP contribution in [0.5, 0.6) is 0 Å². The molecule has 2 unspecified atom stereocenters. The lowest BCUT2D eigenvalue weighted by Crippen LogP contribution is -2.63. The molecular formula is C12H18N4O8S. The number of carbonyl (C=O) groups is 3.